The molecule has 1 aromatic carbocycles. The third kappa shape index (κ3) is 3.18. The first-order valence-electron chi connectivity index (χ1n) is 6.53. The Balaban J connectivity index is 1.98. The lowest BCUT2D eigenvalue weighted by molar-refractivity contribution is 0.101. The van der Waals surface area contributed by atoms with E-state index >= 15 is 0 Å². The molecule has 1 fully saturated rings. The topological polar surface area (TPSA) is 29.5 Å². The molecule has 0 bridgehead atoms. The van der Waals surface area contributed by atoms with E-state index in [-0.39, 0.29) is 5.78 Å². The Morgan fingerprint density at radius 2 is 2.11 bits per heavy atom. The largest absolute Gasteiger partial charge is 0.383 e. The summed E-state index contributed by atoms with van der Waals surface area (Å²) in [6.45, 7) is 4.50. The fraction of sp³-hybridized carbons (Fsp3) is 0.533. The van der Waals surface area contributed by atoms with Crippen LogP contribution in [0, 0.1) is 0 Å². The van der Waals surface area contributed by atoms with Gasteiger partial charge >= 0.3 is 0 Å². The number of ketones is 1. The summed E-state index contributed by atoms with van der Waals surface area (Å²) >= 11 is 0. The van der Waals surface area contributed by atoms with Gasteiger partial charge < -0.3 is 4.74 Å². The van der Waals surface area contributed by atoms with Crippen molar-refractivity contribution in [2.45, 2.75) is 32.4 Å². The number of rotatable bonds is 5. The van der Waals surface area contributed by atoms with Crippen LogP contribution < -0.4 is 0 Å². The molecular formula is C15H21NO2. The summed E-state index contributed by atoms with van der Waals surface area (Å²) in [6, 6.07) is 8.48. The molecule has 0 saturated carbocycles. The van der Waals surface area contributed by atoms with E-state index in [1.54, 1.807) is 14.0 Å². The first kappa shape index (κ1) is 13.2. The monoisotopic (exact) mass is 247 g/mol. The van der Waals surface area contributed by atoms with Gasteiger partial charge in [-0.1, -0.05) is 24.3 Å². The number of methoxy groups -OCH3 is 1. The standard InChI is InChI=1S/C15H21NO2/c1-12(17)14-7-5-13(6-8-14)10-16-9-3-4-15(16)11-18-2/h5-8,15H,3-4,9-11H2,1-2H3. The highest BCUT2D eigenvalue weighted by Crippen LogP contribution is 2.20. The molecule has 18 heavy (non-hydrogen) atoms. The molecule has 0 amide bonds. The van der Waals surface area contributed by atoms with Crippen LogP contribution in [0.25, 0.3) is 0 Å². The van der Waals surface area contributed by atoms with Gasteiger partial charge in [0.1, 0.15) is 0 Å². The van der Waals surface area contributed by atoms with E-state index in [4.69, 9.17) is 4.74 Å². The molecule has 3 heteroatoms. The minimum absolute atomic E-state index is 0.125. The molecule has 0 aliphatic carbocycles. The SMILES string of the molecule is COCC1CCCN1Cc1ccc(C(C)=O)cc1. The highest BCUT2D eigenvalue weighted by molar-refractivity contribution is 5.93. The van der Waals surface area contributed by atoms with Gasteiger partial charge in [-0.05, 0) is 31.9 Å². The molecule has 3 nitrogen and oxygen atoms in total. The van der Waals surface area contributed by atoms with Crippen molar-refractivity contribution >= 4 is 5.78 Å². The van der Waals surface area contributed by atoms with Gasteiger partial charge in [-0.3, -0.25) is 9.69 Å². The number of hydrogen-bond donors (Lipinski definition) is 0. The van der Waals surface area contributed by atoms with E-state index < -0.39 is 0 Å². The Bertz CT molecular complexity index is 399. The van der Waals surface area contributed by atoms with Crippen LogP contribution in [-0.4, -0.2) is 37.0 Å². The Kier molecular flexibility index (Phi) is 4.50. The van der Waals surface area contributed by atoms with Gasteiger partial charge in [-0.25, -0.2) is 0 Å². The lowest BCUT2D eigenvalue weighted by atomic mass is 10.1. The van der Waals surface area contributed by atoms with Crippen molar-refractivity contribution < 1.29 is 9.53 Å². The van der Waals surface area contributed by atoms with Crippen molar-refractivity contribution in [3.05, 3.63) is 35.4 Å². The maximum absolute atomic E-state index is 11.2. The Morgan fingerprint density at radius 1 is 1.39 bits per heavy atom. The predicted molar refractivity (Wildman–Crippen MR) is 71.8 cm³/mol. The van der Waals surface area contributed by atoms with Gasteiger partial charge in [0.15, 0.2) is 5.78 Å². The molecule has 2 rings (SSSR count). The molecule has 1 saturated heterocycles. The molecule has 1 heterocycles. The highest BCUT2D eigenvalue weighted by atomic mass is 16.5. The second kappa shape index (κ2) is 6.12. The molecule has 0 radical (unpaired) electrons. The number of Topliss-reactive ketones (excluding diaryl/α,β-unsaturated/α-hetero) is 1. The van der Waals surface area contributed by atoms with Crippen LogP contribution in [0.1, 0.15) is 35.7 Å². The summed E-state index contributed by atoms with van der Waals surface area (Å²) in [5.74, 6) is 0.125. The zero-order chi connectivity index (χ0) is 13.0. The maximum Gasteiger partial charge on any atom is 0.159 e. The smallest absolute Gasteiger partial charge is 0.159 e. The average molecular weight is 247 g/mol. The predicted octanol–water partition coefficient (Wildman–Crippen LogP) is 2.50. The number of benzene rings is 1. The fourth-order valence-corrected chi connectivity index (χ4v) is 2.56. The van der Waals surface area contributed by atoms with E-state index in [9.17, 15) is 4.79 Å². The van der Waals surface area contributed by atoms with Gasteiger partial charge in [0.2, 0.25) is 0 Å². The average Bonchev–Trinajstić information content (AvgIpc) is 2.78. The summed E-state index contributed by atoms with van der Waals surface area (Å²) in [4.78, 5) is 13.7. The molecule has 1 aromatic rings. The van der Waals surface area contributed by atoms with Gasteiger partial charge in [0.25, 0.3) is 0 Å². The van der Waals surface area contributed by atoms with Crippen LogP contribution in [0.3, 0.4) is 0 Å². The van der Waals surface area contributed by atoms with Crippen LogP contribution in [0.2, 0.25) is 0 Å². The van der Waals surface area contributed by atoms with Crippen LogP contribution >= 0.6 is 0 Å². The number of hydrogen-bond acceptors (Lipinski definition) is 3. The Hall–Kier alpha value is -1.19. The molecule has 0 N–H and O–H groups in total. The van der Waals surface area contributed by atoms with Crippen LogP contribution in [0.5, 0.6) is 0 Å². The normalized spacial score (nSPS) is 20.2. The summed E-state index contributed by atoms with van der Waals surface area (Å²) in [5, 5.41) is 0. The second-order valence-corrected chi connectivity index (χ2v) is 4.97. The van der Waals surface area contributed by atoms with Crippen molar-refractivity contribution in [1.29, 1.82) is 0 Å². The van der Waals surface area contributed by atoms with Gasteiger partial charge in [0.05, 0.1) is 6.61 Å². The highest BCUT2D eigenvalue weighted by Gasteiger charge is 2.24. The molecule has 1 atom stereocenters. The molecule has 0 aromatic heterocycles. The van der Waals surface area contributed by atoms with Crippen molar-refractivity contribution in [2.24, 2.45) is 0 Å². The third-order valence-corrected chi connectivity index (χ3v) is 3.60. The second-order valence-electron chi connectivity index (χ2n) is 4.97. The van der Waals surface area contributed by atoms with Crippen LogP contribution in [-0.2, 0) is 11.3 Å². The van der Waals surface area contributed by atoms with E-state index in [0.29, 0.717) is 6.04 Å². The molecule has 0 spiro atoms. The summed E-state index contributed by atoms with van der Waals surface area (Å²) < 4.78 is 5.26. The number of carbonyl (C=O) groups excluding carboxylic acids is 1. The van der Waals surface area contributed by atoms with Gasteiger partial charge in [0, 0.05) is 25.3 Å². The maximum atomic E-state index is 11.2. The summed E-state index contributed by atoms with van der Waals surface area (Å²) in [6.07, 6.45) is 2.47. The van der Waals surface area contributed by atoms with E-state index in [1.807, 2.05) is 12.1 Å². The van der Waals surface area contributed by atoms with Crippen LogP contribution in [0.15, 0.2) is 24.3 Å². The minimum atomic E-state index is 0.125. The van der Waals surface area contributed by atoms with Crippen molar-refractivity contribution in [2.75, 3.05) is 20.3 Å². The number of likely N-dealkylation sites (tertiary alicyclic amines) is 1. The fourth-order valence-electron chi connectivity index (χ4n) is 2.56. The Morgan fingerprint density at radius 3 is 2.72 bits per heavy atom. The molecule has 1 aliphatic rings. The molecule has 98 valence electrons. The van der Waals surface area contributed by atoms with Gasteiger partial charge in [-0.2, -0.15) is 0 Å². The summed E-state index contributed by atoms with van der Waals surface area (Å²) in [7, 11) is 1.76. The first-order chi connectivity index (χ1) is 8.70. The van der Waals surface area contributed by atoms with Crippen LogP contribution in [0.4, 0.5) is 0 Å². The molecule has 1 aliphatic heterocycles. The Labute approximate surface area is 109 Å². The molecule has 1 unspecified atom stereocenters. The number of ether oxygens (including phenoxy) is 1. The zero-order valence-electron chi connectivity index (χ0n) is 11.2. The lowest BCUT2D eigenvalue weighted by Crippen LogP contribution is -2.32. The first-order valence-corrected chi connectivity index (χ1v) is 6.53. The number of carbonyl (C=O) groups is 1. The van der Waals surface area contributed by atoms with E-state index in [2.05, 4.69) is 17.0 Å². The van der Waals surface area contributed by atoms with E-state index in [1.165, 1.54) is 18.4 Å². The minimum Gasteiger partial charge on any atom is -0.383 e. The number of nitrogens with zero attached hydrogens (tertiary/aromatic N) is 1. The summed E-state index contributed by atoms with van der Waals surface area (Å²) in [5.41, 5.74) is 2.05. The molecular weight excluding hydrogens is 226 g/mol. The lowest BCUT2D eigenvalue weighted by Gasteiger charge is -2.23. The van der Waals surface area contributed by atoms with E-state index in [0.717, 1.165) is 25.3 Å². The zero-order valence-corrected chi connectivity index (χ0v) is 11.2. The van der Waals surface area contributed by atoms with Crippen molar-refractivity contribution in [3.8, 4) is 0 Å². The van der Waals surface area contributed by atoms with Crippen molar-refractivity contribution in [3.63, 3.8) is 0 Å². The van der Waals surface area contributed by atoms with Crippen molar-refractivity contribution in [1.82, 2.24) is 4.90 Å². The third-order valence-electron chi connectivity index (χ3n) is 3.60. The van der Waals surface area contributed by atoms with Gasteiger partial charge in [-0.15, -0.1) is 0 Å². The quantitative estimate of drug-likeness (QED) is 0.749.